The number of aliphatic carboxylic acids is 1. The van der Waals surface area contributed by atoms with Crippen molar-refractivity contribution in [1.29, 1.82) is 5.41 Å². The highest BCUT2D eigenvalue weighted by atomic mass is 19.2. The lowest BCUT2D eigenvalue weighted by Gasteiger charge is -1.85. The molecule has 1 aromatic carbocycles. The van der Waals surface area contributed by atoms with E-state index in [9.17, 15) is 8.78 Å². The van der Waals surface area contributed by atoms with Crippen molar-refractivity contribution in [3.8, 4) is 0 Å². The Morgan fingerprint density at radius 2 is 1.44 bits per heavy atom. The Bertz CT molecular complexity index is 304. The molecule has 5 nitrogen and oxygen atoms in total. The molecule has 0 aliphatic rings. The molecule has 0 bridgehead atoms. The number of benzene rings is 1. The van der Waals surface area contributed by atoms with Gasteiger partial charge in [0.2, 0.25) is 0 Å². The molecule has 90 valence electrons. The predicted octanol–water partition coefficient (Wildman–Crippen LogP) is 0.894. The Morgan fingerprint density at radius 1 is 1.25 bits per heavy atom. The summed E-state index contributed by atoms with van der Waals surface area (Å²) in [5, 5.41) is 13.5. The zero-order chi connectivity index (χ0) is 13.1. The molecule has 0 aliphatic heterocycles. The van der Waals surface area contributed by atoms with Crippen LogP contribution in [-0.4, -0.2) is 17.0 Å². The summed E-state index contributed by atoms with van der Waals surface area (Å²) >= 11 is 0. The Balaban J connectivity index is 0. The Kier molecular flexibility index (Phi) is 9.53. The van der Waals surface area contributed by atoms with Crippen LogP contribution in [0.2, 0.25) is 0 Å². The van der Waals surface area contributed by atoms with Gasteiger partial charge in [-0.2, -0.15) is 0 Å². The van der Waals surface area contributed by atoms with E-state index in [1.807, 2.05) is 0 Å². The number of carboxylic acids is 1. The minimum absolute atomic E-state index is 0.333. The number of carboxylic acid groups (broad SMARTS) is 1. The van der Waals surface area contributed by atoms with Gasteiger partial charge in [-0.1, -0.05) is 12.1 Å². The summed E-state index contributed by atoms with van der Waals surface area (Å²) < 4.78 is 23.9. The second-order valence-corrected chi connectivity index (χ2v) is 2.39. The summed E-state index contributed by atoms with van der Waals surface area (Å²) in [5.74, 6) is -2.76. The number of rotatable bonds is 0. The van der Waals surface area contributed by atoms with Crippen LogP contribution in [0.5, 0.6) is 0 Å². The molecular formula is C9H13F2N3O2. The van der Waals surface area contributed by atoms with Crippen molar-refractivity contribution in [3.05, 3.63) is 35.9 Å². The van der Waals surface area contributed by atoms with Gasteiger partial charge in [-0.25, -0.2) is 8.78 Å². The Labute approximate surface area is 91.2 Å². The topological polar surface area (TPSA) is 113 Å². The molecule has 0 aromatic heterocycles. The average molecular weight is 233 g/mol. The maximum atomic E-state index is 11.9. The normalized spacial score (nSPS) is 7.69. The predicted molar refractivity (Wildman–Crippen MR) is 55.8 cm³/mol. The molecule has 16 heavy (non-hydrogen) atoms. The van der Waals surface area contributed by atoms with E-state index in [4.69, 9.17) is 15.3 Å². The molecule has 1 rings (SSSR count). The van der Waals surface area contributed by atoms with Crippen molar-refractivity contribution in [1.82, 2.24) is 0 Å². The fourth-order valence-electron chi connectivity index (χ4n) is 0.439. The maximum absolute atomic E-state index is 11.9. The number of guanidine groups is 1. The minimum Gasteiger partial charge on any atom is -0.481 e. The van der Waals surface area contributed by atoms with Gasteiger partial charge in [0.25, 0.3) is 5.97 Å². The van der Waals surface area contributed by atoms with Crippen molar-refractivity contribution in [3.63, 3.8) is 0 Å². The smallest absolute Gasteiger partial charge is 0.300 e. The quantitative estimate of drug-likeness (QED) is 0.393. The van der Waals surface area contributed by atoms with Crippen LogP contribution in [0.25, 0.3) is 0 Å². The maximum Gasteiger partial charge on any atom is 0.300 e. The summed E-state index contributed by atoms with van der Waals surface area (Å²) in [6.07, 6.45) is 0. The van der Waals surface area contributed by atoms with Gasteiger partial charge in [0.05, 0.1) is 0 Å². The van der Waals surface area contributed by atoms with E-state index in [1.165, 1.54) is 12.1 Å². The van der Waals surface area contributed by atoms with Crippen LogP contribution in [0.1, 0.15) is 6.92 Å². The summed E-state index contributed by atoms with van der Waals surface area (Å²) in [6, 6.07) is 5.04. The molecule has 0 unspecified atom stereocenters. The highest BCUT2D eigenvalue weighted by Gasteiger charge is 1.93. The number of hydrogen-bond acceptors (Lipinski definition) is 2. The fraction of sp³-hybridized carbons (Fsp3) is 0.111. The lowest BCUT2D eigenvalue weighted by Crippen LogP contribution is -2.20. The van der Waals surface area contributed by atoms with Gasteiger partial charge in [-0.3, -0.25) is 10.2 Å². The second-order valence-electron chi connectivity index (χ2n) is 2.39. The second kappa shape index (κ2) is 9.38. The lowest BCUT2D eigenvalue weighted by molar-refractivity contribution is -0.134. The molecule has 1 aromatic rings. The first-order valence-electron chi connectivity index (χ1n) is 3.96. The molecule has 0 radical (unpaired) electrons. The monoisotopic (exact) mass is 233 g/mol. The molecule has 0 saturated carbocycles. The van der Waals surface area contributed by atoms with Gasteiger partial charge in [-0.05, 0) is 12.1 Å². The molecule has 0 aliphatic carbocycles. The highest BCUT2D eigenvalue weighted by molar-refractivity contribution is 5.71. The summed E-state index contributed by atoms with van der Waals surface area (Å²) in [4.78, 5) is 9.00. The van der Waals surface area contributed by atoms with E-state index in [0.29, 0.717) is 0 Å². The Morgan fingerprint density at radius 3 is 1.56 bits per heavy atom. The van der Waals surface area contributed by atoms with Crippen LogP contribution >= 0.6 is 0 Å². The summed E-state index contributed by atoms with van der Waals surface area (Å²) in [6.45, 7) is 1.08. The standard InChI is InChI=1S/C6H4F2.C2H4O2.CH5N3/c7-5-3-1-2-4-6(5)8;1-2(3)4;2-1(3)4/h1-4H;1H3,(H,3,4);(H5,2,3,4). The van der Waals surface area contributed by atoms with Crippen molar-refractivity contribution in [2.24, 2.45) is 11.5 Å². The molecule has 0 fully saturated rings. The van der Waals surface area contributed by atoms with Gasteiger partial charge in [0.1, 0.15) is 0 Å². The third-order valence-electron chi connectivity index (χ3n) is 0.824. The van der Waals surface area contributed by atoms with Crippen LogP contribution in [0.4, 0.5) is 8.78 Å². The van der Waals surface area contributed by atoms with E-state index in [0.717, 1.165) is 19.1 Å². The number of nitrogens with two attached hydrogens (primary N) is 2. The zero-order valence-corrected chi connectivity index (χ0v) is 8.58. The molecule has 0 spiro atoms. The first kappa shape index (κ1) is 16.3. The van der Waals surface area contributed by atoms with Crippen molar-refractivity contribution in [2.75, 3.05) is 0 Å². The van der Waals surface area contributed by atoms with E-state index >= 15 is 0 Å². The highest BCUT2D eigenvalue weighted by Crippen LogP contribution is 2.01. The molecule has 0 atom stereocenters. The summed E-state index contributed by atoms with van der Waals surface area (Å²) in [5.41, 5.74) is 8.94. The zero-order valence-electron chi connectivity index (χ0n) is 8.58. The SMILES string of the molecule is CC(=O)O.Fc1ccccc1F.N=C(N)N. The third kappa shape index (κ3) is 17.8. The van der Waals surface area contributed by atoms with Gasteiger partial charge in [-0.15, -0.1) is 0 Å². The Hall–Kier alpha value is -2.18. The molecule has 0 saturated heterocycles. The molecule has 0 amide bonds. The molecule has 7 heteroatoms. The average Bonchev–Trinajstić information content (AvgIpc) is 2.08. The minimum atomic E-state index is -0.833. The van der Waals surface area contributed by atoms with Crippen LogP contribution < -0.4 is 11.5 Å². The van der Waals surface area contributed by atoms with Gasteiger partial charge in [0.15, 0.2) is 17.6 Å². The lowest BCUT2D eigenvalue weighted by atomic mass is 10.3. The molecule has 0 heterocycles. The van der Waals surface area contributed by atoms with Gasteiger partial charge >= 0.3 is 0 Å². The number of carbonyl (C=O) groups is 1. The van der Waals surface area contributed by atoms with E-state index < -0.39 is 17.6 Å². The largest absolute Gasteiger partial charge is 0.481 e. The van der Waals surface area contributed by atoms with E-state index in [1.54, 1.807) is 0 Å². The van der Waals surface area contributed by atoms with Gasteiger partial charge < -0.3 is 16.6 Å². The number of hydrogen-bond donors (Lipinski definition) is 4. The molecular weight excluding hydrogens is 220 g/mol. The summed E-state index contributed by atoms with van der Waals surface area (Å²) in [7, 11) is 0. The fourth-order valence-corrected chi connectivity index (χ4v) is 0.439. The van der Waals surface area contributed by atoms with Crippen LogP contribution in [0, 0.1) is 17.0 Å². The van der Waals surface area contributed by atoms with Crippen molar-refractivity contribution >= 4 is 11.9 Å². The van der Waals surface area contributed by atoms with Crippen LogP contribution in [-0.2, 0) is 4.79 Å². The van der Waals surface area contributed by atoms with Crippen LogP contribution in [0.3, 0.4) is 0 Å². The van der Waals surface area contributed by atoms with Gasteiger partial charge in [0, 0.05) is 6.92 Å². The number of nitrogens with one attached hydrogen (secondary N) is 1. The number of halogens is 2. The third-order valence-corrected chi connectivity index (χ3v) is 0.824. The molecule has 6 N–H and O–H groups in total. The first-order valence-corrected chi connectivity index (χ1v) is 3.96. The first-order chi connectivity index (χ1) is 7.27. The van der Waals surface area contributed by atoms with Crippen molar-refractivity contribution in [2.45, 2.75) is 6.92 Å². The van der Waals surface area contributed by atoms with E-state index in [-0.39, 0.29) is 5.96 Å². The van der Waals surface area contributed by atoms with Crippen LogP contribution in [0.15, 0.2) is 24.3 Å². The van der Waals surface area contributed by atoms with Crippen molar-refractivity contribution < 1.29 is 18.7 Å². The van der Waals surface area contributed by atoms with E-state index in [2.05, 4.69) is 11.5 Å².